The minimum Gasteiger partial charge on any atom is -0.392 e. The maximum atomic E-state index is 9.17. The first-order valence-electron chi connectivity index (χ1n) is 5.48. The number of nitrogens with one attached hydrogen (secondary N) is 1. The fourth-order valence-electron chi connectivity index (χ4n) is 1.76. The van der Waals surface area contributed by atoms with Crippen molar-refractivity contribution in [3.8, 4) is 0 Å². The molecule has 0 saturated carbocycles. The van der Waals surface area contributed by atoms with Crippen molar-refractivity contribution in [2.24, 2.45) is 0 Å². The summed E-state index contributed by atoms with van der Waals surface area (Å²) in [4.78, 5) is 4.10. The third-order valence-corrected chi connectivity index (χ3v) is 2.53. The number of nitrogens with zero attached hydrogens (tertiary/aromatic N) is 1. The minimum atomic E-state index is -0.309. The van der Waals surface area contributed by atoms with E-state index in [1.165, 1.54) is 10.9 Å². The smallest absolute Gasteiger partial charge is 0.0636 e. The van der Waals surface area contributed by atoms with Gasteiger partial charge in [-0.05, 0) is 23.9 Å². The Morgan fingerprint density at radius 2 is 2.25 bits per heavy atom. The van der Waals surface area contributed by atoms with Gasteiger partial charge in [-0.2, -0.15) is 0 Å². The third kappa shape index (κ3) is 2.56. The Hall–Kier alpha value is -1.45. The molecule has 1 aromatic heterocycles. The minimum absolute atomic E-state index is 0.309. The molecule has 3 nitrogen and oxygen atoms in total. The zero-order valence-electron chi connectivity index (χ0n) is 9.35. The van der Waals surface area contributed by atoms with Gasteiger partial charge in [-0.1, -0.05) is 18.2 Å². The van der Waals surface area contributed by atoms with Crippen LogP contribution in [0.2, 0.25) is 0 Å². The van der Waals surface area contributed by atoms with Gasteiger partial charge in [0.05, 0.1) is 6.10 Å². The van der Waals surface area contributed by atoms with Crippen LogP contribution in [0.3, 0.4) is 0 Å². The van der Waals surface area contributed by atoms with Gasteiger partial charge in [-0.15, -0.1) is 0 Å². The highest BCUT2D eigenvalue weighted by atomic mass is 16.3. The molecule has 1 heterocycles. The van der Waals surface area contributed by atoms with Crippen molar-refractivity contribution in [3.63, 3.8) is 0 Å². The van der Waals surface area contributed by atoms with E-state index in [0.29, 0.717) is 6.54 Å². The average molecular weight is 216 g/mol. The van der Waals surface area contributed by atoms with Crippen molar-refractivity contribution in [2.75, 3.05) is 6.54 Å². The molecule has 1 aromatic carbocycles. The van der Waals surface area contributed by atoms with Crippen LogP contribution in [0.15, 0.2) is 36.7 Å². The van der Waals surface area contributed by atoms with Gasteiger partial charge in [0.1, 0.15) is 0 Å². The molecule has 0 amide bonds. The molecular formula is C13H16N2O. The van der Waals surface area contributed by atoms with Crippen LogP contribution in [-0.4, -0.2) is 22.7 Å². The first-order valence-corrected chi connectivity index (χ1v) is 5.48. The lowest BCUT2D eigenvalue weighted by Gasteiger charge is -2.09. The standard InChI is InChI=1S/C13H16N2O/c1-10(16)7-15-9-12-4-2-3-11-8-14-6-5-13(11)12/h2-6,8,10,15-16H,7,9H2,1H3/t10-/m1/s1. The molecule has 16 heavy (non-hydrogen) atoms. The summed E-state index contributed by atoms with van der Waals surface area (Å²) < 4.78 is 0. The number of rotatable bonds is 4. The van der Waals surface area contributed by atoms with Crippen LogP contribution in [-0.2, 0) is 6.54 Å². The molecule has 2 rings (SSSR count). The van der Waals surface area contributed by atoms with Gasteiger partial charge in [0, 0.05) is 30.9 Å². The van der Waals surface area contributed by atoms with Gasteiger partial charge < -0.3 is 10.4 Å². The van der Waals surface area contributed by atoms with Crippen molar-refractivity contribution in [1.29, 1.82) is 0 Å². The van der Waals surface area contributed by atoms with E-state index in [9.17, 15) is 5.11 Å². The Morgan fingerprint density at radius 3 is 3.06 bits per heavy atom. The number of fused-ring (bicyclic) bond motifs is 1. The summed E-state index contributed by atoms with van der Waals surface area (Å²) >= 11 is 0. The van der Waals surface area contributed by atoms with E-state index in [0.717, 1.165) is 11.9 Å². The molecule has 0 aliphatic rings. The molecule has 0 unspecified atom stereocenters. The lowest BCUT2D eigenvalue weighted by atomic mass is 10.1. The Kier molecular flexibility index (Phi) is 3.49. The average Bonchev–Trinajstić information content (AvgIpc) is 2.29. The number of aliphatic hydroxyl groups excluding tert-OH is 1. The van der Waals surface area contributed by atoms with Gasteiger partial charge in [0.25, 0.3) is 0 Å². The first kappa shape index (κ1) is 11.0. The topological polar surface area (TPSA) is 45.1 Å². The number of hydrogen-bond donors (Lipinski definition) is 2. The fraction of sp³-hybridized carbons (Fsp3) is 0.308. The van der Waals surface area contributed by atoms with Crippen LogP contribution in [0.1, 0.15) is 12.5 Å². The highest BCUT2D eigenvalue weighted by Crippen LogP contribution is 2.16. The number of pyridine rings is 1. The number of hydrogen-bond acceptors (Lipinski definition) is 3. The fourth-order valence-corrected chi connectivity index (χ4v) is 1.76. The van der Waals surface area contributed by atoms with E-state index in [4.69, 9.17) is 0 Å². The first-order chi connectivity index (χ1) is 7.77. The van der Waals surface area contributed by atoms with Crippen LogP contribution < -0.4 is 5.32 Å². The van der Waals surface area contributed by atoms with E-state index >= 15 is 0 Å². The molecule has 1 atom stereocenters. The summed E-state index contributed by atoms with van der Waals surface area (Å²) in [5.74, 6) is 0. The second kappa shape index (κ2) is 5.05. The molecule has 0 spiro atoms. The molecular weight excluding hydrogens is 200 g/mol. The monoisotopic (exact) mass is 216 g/mol. The largest absolute Gasteiger partial charge is 0.392 e. The zero-order chi connectivity index (χ0) is 11.4. The second-order valence-electron chi connectivity index (χ2n) is 3.99. The lowest BCUT2D eigenvalue weighted by Crippen LogP contribution is -2.23. The zero-order valence-corrected chi connectivity index (χ0v) is 9.35. The number of aromatic nitrogens is 1. The highest BCUT2D eigenvalue weighted by Gasteiger charge is 2.00. The molecule has 2 aromatic rings. The normalized spacial score (nSPS) is 12.9. The summed E-state index contributed by atoms with van der Waals surface area (Å²) in [6.07, 6.45) is 3.37. The van der Waals surface area contributed by atoms with Gasteiger partial charge in [-0.25, -0.2) is 0 Å². The molecule has 2 N–H and O–H groups in total. The van der Waals surface area contributed by atoms with Crippen LogP contribution in [0.25, 0.3) is 10.8 Å². The number of benzene rings is 1. The van der Waals surface area contributed by atoms with E-state index in [1.807, 2.05) is 18.3 Å². The maximum Gasteiger partial charge on any atom is 0.0636 e. The van der Waals surface area contributed by atoms with E-state index in [1.54, 1.807) is 13.1 Å². The summed E-state index contributed by atoms with van der Waals surface area (Å²) in [7, 11) is 0. The lowest BCUT2D eigenvalue weighted by molar-refractivity contribution is 0.191. The van der Waals surface area contributed by atoms with Crippen molar-refractivity contribution in [3.05, 3.63) is 42.2 Å². The van der Waals surface area contributed by atoms with Crippen LogP contribution in [0, 0.1) is 0 Å². The van der Waals surface area contributed by atoms with Crippen molar-refractivity contribution in [1.82, 2.24) is 10.3 Å². The quantitative estimate of drug-likeness (QED) is 0.817. The van der Waals surface area contributed by atoms with E-state index < -0.39 is 0 Å². The van der Waals surface area contributed by atoms with Gasteiger partial charge in [0.15, 0.2) is 0 Å². The predicted octanol–water partition coefficient (Wildman–Crippen LogP) is 1.71. The highest BCUT2D eigenvalue weighted by molar-refractivity contribution is 5.84. The van der Waals surface area contributed by atoms with Gasteiger partial charge >= 0.3 is 0 Å². The Labute approximate surface area is 95.1 Å². The SMILES string of the molecule is C[C@@H](O)CNCc1cccc2cnccc12. The summed E-state index contributed by atoms with van der Waals surface area (Å²) in [5, 5.41) is 14.8. The van der Waals surface area contributed by atoms with E-state index in [-0.39, 0.29) is 6.10 Å². The van der Waals surface area contributed by atoms with Crippen LogP contribution in [0.5, 0.6) is 0 Å². The van der Waals surface area contributed by atoms with Crippen LogP contribution >= 0.6 is 0 Å². The summed E-state index contributed by atoms with van der Waals surface area (Å²) in [6.45, 7) is 3.16. The molecule has 0 radical (unpaired) electrons. The van der Waals surface area contributed by atoms with Crippen LogP contribution in [0.4, 0.5) is 0 Å². The van der Waals surface area contributed by atoms with Gasteiger partial charge in [0.2, 0.25) is 0 Å². The van der Waals surface area contributed by atoms with E-state index in [2.05, 4.69) is 22.4 Å². The van der Waals surface area contributed by atoms with Gasteiger partial charge in [-0.3, -0.25) is 4.98 Å². The number of aliphatic hydroxyl groups is 1. The molecule has 84 valence electrons. The molecule has 3 heteroatoms. The Bertz CT molecular complexity index is 463. The Balaban J connectivity index is 2.17. The molecule has 0 bridgehead atoms. The molecule has 0 aliphatic heterocycles. The molecule has 0 saturated heterocycles. The summed E-state index contributed by atoms with van der Waals surface area (Å²) in [5.41, 5.74) is 1.24. The maximum absolute atomic E-state index is 9.17. The third-order valence-electron chi connectivity index (χ3n) is 2.53. The molecule has 0 fully saturated rings. The Morgan fingerprint density at radius 1 is 1.38 bits per heavy atom. The molecule has 0 aliphatic carbocycles. The second-order valence-corrected chi connectivity index (χ2v) is 3.99. The summed E-state index contributed by atoms with van der Waals surface area (Å²) in [6, 6.07) is 8.20. The predicted molar refractivity (Wildman–Crippen MR) is 65.1 cm³/mol. The van der Waals surface area contributed by atoms with Crippen molar-refractivity contribution in [2.45, 2.75) is 19.6 Å². The van der Waals surface area contributed by atoms with Crippen molar-refractivity contribution < 1.29 is 5.11 Å². The van der Waals surface area contributed by atoms with Crippen molar-refractivity contribution >= 4 is 10.8 Å².